The van der Waals surface area contributed by atoms with Gasteiger partial charge in [-0.3, -0.25) is 4.98 Å². The van der Waals surface area contributed by atoms with Crippen LogP contribution >= 0.6 is 0 Å². The molecule has 146 valence electrons. The Morgan fingerprint density at radius 1 is 1.35 bits per heavy atom. The van der Waals surface area contributed by atoms with Gasteiger partial charge in [-0.25, -0.2) is 0 Å². The van der Waals surface area contributed by atoms with Gasteiger partial charge in [-0.05, 0) is 44.4 Å². The molecular formula is C18H26F3N3O2. The van der Waals surface area contributed by atoms with Crippen LogP contribution in [0.25, 0.3) is 0 Å². The lowest BCUT2D eigenvalue weighted by molar-refractivity contribution is -0.221. The first kappa shape index (κ1) is 19.4. The molecular weight excluding hydrogens is 347 g/mol. The molecule has 1 aromatic heterocycles. The first-order chi connectivity index (χ1) is 12.3. The molecule has 2 aliphatic rings. The van der Waals surface area contributed by atoms with E-state index in [-0.39, 0.29) is 13.2 Å². The lowest BCUT2D eigenvalue weighted by Crippen LogP contribution is -2.49. The van der Waals surface area contributed by atoms with Crippen LogP contribution < -0.4 is 10.2 Å². The molecule has 3 rings (SSSR count). The zero-order valence-corrected chi connectivity index (χ0v) is 14.9. The van der Waals surface area contributed by atoms with Crippen molar-refractivity contribution in [3.63, 3.8) is 0 Å². The second-order valence-electron chi connectivity index (χ2n) is 7.11. The normalized spacial score (nSPS) is 30.4. The summed E-state index contributed by atoms with van der Waals surface area (Å²) in [5.41, 5.74) is 0.261. The first-order valence-corrected chi connectivity index (χ1v) is 9.17. The summed E-state index contributed by atoms with van der Waals surface area (Å²) in [6, 6.07) is 3.91. The number of nitrogens with zero attached hydrogens (tertiary/aromatic N) is 2. The van der Waals surface area contributed by atoms with Gasteiger partial charge in [0.05, 0.1) is 30.7 Å². The summed E-state index contributed by atoms with van der Waals surface area (Å²) < 4.78 is 43.4. The van der Waals surface area contributed by atoms with Crippen molar-refractivity contribution >= 4 is 5.69 Å². The minimum atomic E-state index is -4.37. The van der Waals surface area contributed by atoms with Gasteiger partial charge in [0, 0.05) is 12.6 Å². The molecule has 0 radical (unpaired) electrons. The molecule has 8 heteroatoms. The van der Waals surface area contributed by atoms with E-state index in [2.05, 4.69) is 17.2 Å². The number of pyridine rings is 1. The fraction of sp³-hybridized carbons (Fsp3) is 0.722. The van der Waals surface area contributed by atoms with Crippen molar-refractivity contribution < 1.29 is 23.0 Å². The quantitative estimate of drug-likeness (QED) is 0.850. The lowest BCUT2D eigenvalue weighted by atomic mass is 9.80. The zero-order valence-electron chi connectivity index (χ0n) is 14.9. The number of nitrogens with one attached hydrogen (secondary N) is 1. The molecule has 1 aromatic rings. The molecule has 26 heavy (non-hydrogen) atoms. The molecule has 0 aromatic carbocycles. The van der Waals surface area contributed by atoms with Gasteiger partial charge >= 0.3 is 6.18 Å². The van der Waals surface area contributed by atoms with Crippen molar-refractivity contribution in [1.82, 2.24) is 10.3 Å². The Hall–Kier alpha value is -1.38. The van der Waals surface area contributed by atoms with E-state index in [9.17, 15) is 18.3 Å². The van der Waals surface area contributed by atoms with Crippen molar-refractivity contribution in [3.8, 4) is 0 Å². The fourth-order valence-corrected chi connectivity index (χ4v) is 3.77. The molecule has 5 nitrogen and oxygen atoms in total. The SMILES string of the molecule is CCNC1CCC(O)(c2ccc(N3CCOC(C(F)(F)F)C3)cn2)CC1. The predicted octanol–water partition coefficient (Wildman–Crippen LogP) is 2.59. The van der Waals surface area contributed by atoms with Gasteiger partial charge in [0.15, 0.2) is 6.10 Å². The van der Waals surface area contributed by atoms with Crippen LogP contribution in [0.3, 0.4) is 0 Å². The first-order valence-electron chi connectivity index (χ1n) is 9.17. The van der Waals surface area contributed by atoms with E-state index in [1.165, 1.54) is 0 Å². The van der Waals surface area contributed by atoms with Crippen LogP contribution in [0.2, 0.25) is 0 Å². The standard InChI is InChI=1S/C18H26F3N3O2/c1-2-22-13-5-7-17(25,8-6-13)15-4-3-14(11-23-15)24-9-10-26-16(12-24)18(19,20)21/h3-4,11,13,16,22,25H,2,5-10,12H2,1H3. The van der Waals surface area contributed by atoms with E-state index < -0.39 is 17.9 Å². The van der Waals surface area contributed by atoms with Gasteiger partial charge in [0.25, 0.3) is 0 Å². The van der Waals surface area contributed by atoms with Crippen molar-refractivity contribution in [2.75, 3.05) is 31.1 Å². The molecule has 1 saturated carbocycles. The smallest absolute Gasteiger partial charge is 0.384 e. The summed E-state index contributed by atoms with van der Waals surface area (Å²) >= 11 is 0. The molecule has 2 N–H and O–H groups in total. The average molecular weight is 373 g/mol. The molecule has 1 atom stereocenters. The van der Waals surface area contributed by atoms with E-state index in [0.29, 0.717) is 36.8 Å². The lowest BCUT2D eigenvalue weighted by Gasteiger charge is -2.37. The number of aromatic nitrogens is 1. The number of hydrogen-bond acceptors (Lipinski definition) is 5. The Balaban J connectivity index is 1.65. The third-order valence-corrected chi connectivity index (χ3v) is 5.33. The Morgan fingerprint density at radius 3 is 2.65 bits per heavy atom. The number of morpholine rings is 1. The van der Waals surface area contributed by atoms with E-state index in [0.717, 1.165) is 19.4 Å². The summed E-state index contributed by atoms with van der Waals surface area (Å²) in [7, 11) is 0. The third-order valence-electron chi connectivity index (χ3n) is 5.33. The summed E-state index contributed by atoms with van der Waals surface area (Å²) in [5.74, 6) is 0. The Morgan fingerprint density at radius 2 is 2.08 bits per heavy atom. The number of halogens is 3. The summed E-state index contributed by atoms with van der Waals surface area (Å²) in [6.07, 6.45) is -1.57. The maximum Gasteiger partial charge on any atom is 0.416 e. The highest BCUT2D eigenvalue weighted by Crippen LogP contribution is 2.37. The van der Waals surface area contributed by atoms with Crippen LogP contribution in [-0.4, -0.2) is 54.7 Å². The van der Waals surface area contributed by atoms with Crippen molar-refractivity contribution in [2.24, 2.45) is 0 Å². The molecule has 1 aliphatic heterocycles. The van der Waals surface area contributed by atoms with E-state index >= 15 is 0 Å². The monoisotopic (exact) mass is 373 g/mol. The minimum absolute atomic E-state index is 0.0294. The molecule has 0 amide bonds. The average Bonchev–Trinajstić information content (AvgIpc) is 2.64. The minimum Gasteiger partial charge on any atom is -0.384 e. The van der Waals surface area contributed by atoms with Crippen molar-refractivity contribution in [1.29, 1.82) is 0 Å². The maximum absolute atomic E-state index is 12.9. The van der Waals surface area contributed by atoms with Gasteiger partial charge in [-0.1, -0.05) is 6.92 Å². The number of aliphatic hydroxyl groups is 1. The molecule has 1 aliphatic carbocycles. The van der Waals surface area contributed by atoms with Gasteiger partial charge in [0.1, 0.15) is 5.60 Å². The van der Waals surface area contributed by atoms with Crippen LogP contribution in [0.15, 0.2) is 18.3 Å². The number of rotatable bonds is 4. The molecule has 2 heterocycles. The number of hydrogen-bond donors (Lipinski definition) is 2. The third kappa shape index (κ3) is 4.29. The maximum atomic E-state index is 12.9. The highest BCUT2D eigenvalue weighted by molar-refractivity contribution is 5.45. The highest BCUT2D eigenvalue weighted by atomic mass is 19.4. The van der Waals surface area contributed by atoms with Gasteiger partial charge in [-0.2, -0.15) is 13.2 Å². The number of anilines is 1. The van der Waals surface area contributed by atoms with Crippen molar-refractivity contribution in [3.05, 3.63) is 24.0 Å². The summed E-state index contributed by atoms with van der Waals surface area (Å²) in [5, 5.41) is 14.3. The molecule has 2 fully saturated rings. The molecule has 1 unspecified atom stereocenters. The Labute approximate surface area is 151 Å². The van der Waals surface area contributed by atoms with E-state index in [4.69, 9.17) is 4.74 Å². The second kappa shape index (κ2) is 7.70. The molecule has 1 saturated heterocycles. The van der Waals surface area contributed by atoms with Crippen LogP contribution in [-0.2, 0) is 10.3 Å². The van der Waals surface area contributed by atoms with Gasteiger partial charge in [-0.15, -0.1) is 0 Å². The summed E-state index contributed by atoms with van der Waals surface area (Å²) in [4.78, 5) is 6.00. The summed E-state index contributed by atoms with van der Waals surface area (Å²) in [6.45, 7) is 3.16. The largest absolute Gasteiger partial charge is 0.416 e. The Bertz CT molecular complexity index is 586. The van der Waals surface area contributed by atoms with Gasteiger partial charge in [0.2, 0.25) is 0 Å². The molecule has 0 spiro atoms. The van der Waals surface area contributed by atoms with Crippen LogP contribution in [0.5, 0.6) is 0 Å². The highest BCUT2D eigenvalue weighted by Gasteiger charge is 2.43. The molecule has 0 bridgehead atoms. The number of alkyl halides is 3. The Kier molecular flexibility index (Phi) is 5.74. The van der Waals surface area contributed by atoms with Gasteiger partial charge < -0.3 is 20.1 Å². The van der Waals surface area contributed by atoms with E-state index in [1.807, 2.05) is 0 Å². The fourth-order valence-electron chi connectivity index (χ4n) is 3.77. The van der Waals surface area contributed by atoms with Crippen LogP contribution in [0.4, 0.5) is 18.9 Å². The van der Waals surface area contributed by atoms with Crippen molar-refractivity contribution in [2.45, 2.75) is 56.5 Å². The van der Waals surface area contributed by atoms with Crippen LogP contribution in [0.1, 0.15) is 38.3 Å². The topological polar surface area (TPSA) is 57.6 Å². The predicted molar refractivity (Wildman–Crippen MR) is 92.1 cm³/mol. The zero-order chi connectivity index (χ0) is 18.8. The number of ether oxygens (including phenoxy) is 1. The second-order valence-corrected chi connectivity index (χ2v) is 7.11. The van der Waals surface area contributed by atoms with E-state index in [1.54, 1.807) is 23.2 Å². The van der Waals surface area contributed by atoms with Crippen LogP contribution in [0, 0.1) is 0 Å².